The summed E-state index contributed by atoms with van der Waals surface area (Å²) in [6, 6.07) is 0. The van der Waals surface area contributed by atoms with Gasteiger partial charge in [0.2, 0.25) is 0 Å². The summed E-state index contributed by atoms with van der Waals surface area (Å²) in [5, 5.41) is 0. The molecule has 0 aromatic carbocycles. The lowest BCUT2D eigenvalue weighted by molar-refractivity contribution is -0.157. The standard InChI is InChI=1S/C22H34O8/c1-15-8-6-10-20(23)28-12-17(3)22(25)30-14-19(27-5)16(2)9-7-11-21(24)29-13-18(15)26-4/h6-9,15-19H,10-14H2,1-5H3/b8-6+,9-7+/t15-,16-,17-,18+,19+/m0/s1. The molecular formula is C22H34O8. The van der Waals surface area contributed by atoms with Crippen LogP contribution in [0.25, 0.3) is 0 Å². The van der Waals surface area contributed by atoms with Gasteiger partial charge in [0.1, 0.15) is 19.8 Å². The van der Waals surface area contributed by atoms with E-state index in [1.54, 1.807) is 26.2 Å². The molecule has 170 valence electrons. The molecule has 0 fully saturated rings. The number of hydrogen-bond acceptors (Lipinski definition) is 8. The maximum absolute atomic E-state index is 12.1. The van der Waals surface area contributed by atoms with Crippen LogP contribution in [0, 0.1) is 17.8 Å². The first-order chi connectivity index (χ1) is 14.3. The van der Waals surface area contributed by atoms with E-state index in [1.165, 1.54) is 7.11 Å². The lowest BCUT2D eigenvalue weighted by Crippen LogP contribution is -2.30. The van der Waals surface area contributed by atoms with Gasteiger partial charge >= 0.3 is 17.9 Å². The van der Waals surface area contributed by atoms with Crippen molar-refractivity contribution in [1.29, 1.82) is 0 Å². The Bertz CT molecular complexity index is 612. The van der Waals surface area contributed by atoms with E-state index in [1.807, 2.05) is 26.0 Å². The summed E-state index contributed by atoms with van der Waals surface area (Å²) in [6.45, 7) is 5.56. The van der Waals surface area contributed by atoms with Gasteiger partial charge in [-0.3, -0.25) is 14.4 Å². The number of ether oxygens (including phenoxy) is 5. The second-order valence-electron chi connectivity index (χ2n) is 7.43. The predicted molar refractivity (Wildman–Crippen MR) is 109 cm³/mol. The smallest absolute Gasteiger partial charge is 0.312 e. The molecule has 1 rings (SSSR count). The average molecular weight is 427 g/mol. The van der Waals surface area contributed by atoms with Gasteiger partial charge in [-0.25, -0.2) is 0 Å². The number of hydrogen-bond donors (Lipinski definition) is 0. The number of methoxy groups -OCH3 is 2. The molecule has 0 unspecified atom stereocenters. The van der Waals surface area contributed by atoms with Crippen molar-refractivity contribution in [2.75, 3.05) is 34.0 Å². The van der Waals surface area contributed by atoms with Gasteiger partial charge in [-0.15, -0.1) is 0 Å². The topological polar surface area (TPSA) is 97.4 Å². The summed E-state index contributed by atoms with van der Waals surface area (Å²) >= 11 is 0. The van der Waals surface area contributed by atoms with Crippen LogP contribution in [-0.2, 0) is 38.1 Å². The van der Waals surface area contributed by atoms with Crippen LogP contribution in [0.3, 0.4) is 0 Å². The van der Waals surface area contributed by atoms with Gasteiger partial charge in [-0.1, -0.05) is 38.2 Å². The third-order valence-corrected chi connectivity index (χ3v) is 4.92. The molecule has 1 aliphatic heterocycles. The molecule has 0 amide bonds. The van der Waals surface area contributed by atoms with E-state index in [9.17, 15) is 14.4 Å². The largest absolute Gasteiger partial charge is 0.465 e. The van der Waals surface area contributed by atoms with E-state index in [-0.39, 0.29) is 62.7 Å². The number of cyclic esters (lactones) is 3. The van der Waals surface area contributed by atoms with Crippen molar-refractivity contribution in [1.82, 2.24) is 0 Å². The summed E-state index contributed by atoms with van der Waals surface area (Å²) in [4.78, 5) is 36.0. The van der Waals surface area contributed by atoms with E-state index >= 15 is 0 Å². The number of carbonyl (C=O) groups excluding carboxylic acids is 3. The molecule has 1 aliphatic rings. The highest BCUT2D eigenvalue weighted by Gasteiger charge is 2.22. The summed E-state index contributed by atoms with van der Waals surface area (Å²) < 4.78 is 26.5. The second kappa shape index (κ2) is 13.9. The molecule has 0 N–H and O–H groups in total. The van der Waals surface area contributed by atoms with Crippen LogP contribution in [0.2, 0.25) is 0 Å². The quantitative estimate of drug-likeness (QED) is 0.377. The molecule has 8 heteroatoms. The Hall–Kier alpha value is -2.19. The Morgan fingerprint density at radius 3 is 1.63 bits per heavy atom. The Kier molecular flexibility index (Phi) is 12.0. The van der Waals surface area contributed by atoms with Crippen LogP contribution in [0.1, 0.15) is 33.6 Å². The summed E-state index contributed by atoms with van der Waals surface area (Å²) in [5.74, 6) is -2.03. The lowest BCUT2D eigenvalue weighted by Gasteiger charge is -2.21. The summed E-state index contributed by atoms with van der Waals surface area (Å²) in [5.41, 5.74) is 0. The minimum Gasteiger partial charge on any atom is -0.465 e. The zero-order valence-electron chi connectivity index (χ0n) is 18.5. The van der Waals surface area contributed by atoms with Crippen LogP contribution in [0.5, 0.6) is 0 Å². The monoisotopic (exact) mass is 426 g/mol. The van der Waals surface area contributed by atoms with Crippen LogP contribution < -0.4 is 0 Å². The molecular weight excluding hydrogens is 392 g/mol. The van der Waals surface area contributed by atoms with Crippen LogP contribution in [-0.4, -0.2) is 64.2 Å². The minimum atomic E-state index is -0.585. The van der Waals surface area contributed by atoms with Crippen molar-refractivity contribution in [2.24, 2.45) is 17.8 Å². The average Bonchev–Trinajstić information content (AvgIpc) is 2.72. The maximum Gasteiger partial charge on any atom is 0.312 e. The zero-order chi connectivity index (χ0) is 22.5. The third-order valence-electron chi connectivity index (χ3n) is 4.92. The highest BCUT2D eigenvalue weighted by Crippen LogP contribution is 2.13. The molecule has 30 heavy (non-hydrogen) atoms. The fourth-order valence-electron chi connectivity index (χ4n) is 2.76. The minimum absolute atomic E-state index is 0.0508. The van der Waals surface area contributed by atoms with Gasteiger partial charge in [-0.05, 0) is 6.92 Å². The van der Waals surface area contributed by atoms with Crippen molar-refractivity contribution >= 4 is 17.9 Å². The fourth-order valence-corrected chi connectivity index (χ4v) is 2.76. The molecule has 0 aliphatic carbocycles. The van der Waals surface area contributed by atoms with Crippen LogP contribution >= 0.6 is 0 Å². The number of carbonyl (C=O) groups is 3. The van der Waals surface area contributed by atoms with Crippen molar-refractivity contribution in [2.45, 2.75) is 45.8 Å². The van der Waals surface area contributed by atoms with Gasteiger partial charge in [-0.2, -0.15) is 0 Å². The van der Waals surface area contributed by atoms with E-state index in [0.29, 0.717) is 0 Å². The van der Waals surface area contributed by atoms with Crippen molar-refractivity contribution in [3.05, 3.63) is 24.3 Å². The predicted octanol–water partition coefficient (Wildman–Crippen LogP) is 2.46. The molecule has 0 spiro atoms. The Balaban J connectivity index is 2.86. The van der Waals surface area contributed by atoms with E-state index in [4.69, 9.17) is 23.7 Å². The van der Waals surface area contributed by atoms with E-state index in [2.05, 4.69) is 0 Å². The lowest BCUT2D eigenvalue weighted by atomic mass is 10.0. The van der Waals surface area contributed by atoms with Gasteiger partial charge in [0.25, 0.3) is 0 Å². The van der Waals surface area contributed by atoms with Gasteiger partial charge < -0.3 is 23.7 Å². The molecule has 0 aromatic rings. The third kappa shape index (κ3) is 9.54. The maximum atomic E-state index is 12.1. The van der Waals surface area contributed by atoms with Crippen LogP contribution in [0.15, 0.2) is 24.3 Å². The number of rotatable bonds is 2. The zero-order valence-corrected chi connectivity index (χ0v) is 18.5. The SMILES string of the molecule is CO[C@@H]1COC(=O)C/C=C/[C@H](C)[C@H](OC)COC(=O)[C@@H](C)COC(=O)C/C=C/[C@@H]1C. The molecule has 5 atom stereocenters. The highest BCUT2D eigenvalue weighted by atomic mass is 16.6. The molecule has 0 saturated carbocycles. The first-order valence-corrected chi connectivity index (χ1v) is 10.1. The van der Waals surface area contributed by atoms with E-state index in [0.717, 1.165) is 0 Å². The first-order valence-electron chi connectivity index (χ1n) is 10.1. The molecule has 0 bridgehead atoms. The second-order valence-corrected chi connectivity index (χ2v) is 7.43. The fraction of sp³-hybridized carbons (Fsp3) is 0.682. The Morgan fingerprint density at radius 2 is 1.17 bits per heavy atom. The highest BCUT2D eigenvalue weighted by molar-refractivity contribution is 5.74. The van der Waals surface area contributed by atoms with Crippen molar-refractivity contribution in [3.63, 3.8) is 0 Å². The van der Waals surface area contributed by atoms with Crippen molar-refractivity contribution < 1.29 is 38.1 Å². The summed E-state index contributed by atoms with van der Waals surface area (Å²) in [7, 11) is 3.07. The molecule has 0 saturated heterocycles. The number of esters is 3. The molecule has 1 heterocycles. The van der Waals surface area contributed by atoms with Crippen molar-refractivity contribution in [3.8, 4) is 0 Å². The first kappa shape index (κ1) is 25.8. The molecule has 8 nitrogen and oxygen atoms in total. The van der Waals surface area contributed by atoms with Crippen LogP contribution in [0.4, 0.5) is 0 Å². The molecule has 0 aromatic heterocycles. The van der Waals surface area contributed by atoms with Gasteiger partial charge in [0.15, 0.2) is 0 Å². The molecule has 0 radical (unpaired) electrons. The normalized spacial score (nSPS) is 33.0. The Morgan fingerprint density at radius 1 is 0.733 bits per heavy atom. The van der Waals surface area contributed by atoms with Gasteiger partial charge in [0.05, 0.1) is 31.0 Å². The summed E-state index contributed by atoms with van der Waals surface area (Å²) in [6.07, 6.45) is 6.51. The van der Waals surface area contributed by atoms with E-state index < -0.39 is 17.9 Å². The van der Waals surface area contributed by atoms with Gasteiger partial charge in [0, 0.05) is 26.1 Å². The Labute approximate surface area is 178 Å².